The largest absolute Gasteiger partial charge is 0.426 e. The SMILES string of the molecule is CCc1ccc(N2C[C@H](C(=O)Oc3ccc(N4C(=O)[C@@H]5[C@@H](C)C=CC[C@H]5C4=O)c(C)c3)CC2=O)cc1. The van der Waals surface area contributed by atoms with Gasteiger partial charge in [-0.3, -0.25) is 19.2 Å². The summed E-state index contributed by atoms with van der Waals surface area (Å²) in [6.45, 7) is 6.09. The van der Waals surface area contributed by atoms with Gasteiger partial charge in [0.05, 0.1) is 23.4 Å². The summed E-state index contributed by atoms with van der Waals surface area (Å²) in [5.74, 6) is -1.81. The van der Waals surface area contributed by atoms with Crippen LogP contribution in [0, 0.1) is 30.6 Å². The highest BCUT2D eigenvalue weighted by Crippen LogP contribution is 2.41. The molecule has 0 N–H and O–H groups in total. The van der Waals surface area contributed by atoms with E-state index in [1.165, 1.54) is 10.5 Å². The summed E-state index contributed by atoms with van der Waals surface area (Å²) in [5.41, 5.74) is 3.14. The van der Waals surface area contributed by atoms with Crippen LogP contribution in [0.3, 0.4) is 0 Å². The molecule has 0 spiro atoms. The zero-order chi connectivity index (χ0) is 25.6. The van der Waals surface area contributed by atoms with E-state index in [2.05, 4.69) is 6.92 Å². The maximum Gasteiger partial charge on any atom is 0.316 e. The fraction of sp³-hybridized carbons (Fsp3) is 0.379. The minimum Gasteiger partial charge on any atom is -0.426 e. The second-order valence-electron chi connectivity index (χ2n) is 9.96. The van der Waals surface area contributed by atoms with Gasteiger partial charge in [0.25, 0.3) is 0 Å². The van der Waals surface area contributed by atoms with Gasteiger partial charge in [0.2, 0.25) is 17.7 Å². The number of imide groups is 1. The lowest BCUT2D eigenvalue weighted by Gasteiger charge is -2.22. The van der Waals surface area contributed by atoms with Crippen LogP contribution in [0.15, 0.2) is 54.6 Å². The smallest absolute Gasteiger partial charge is 0.316 e. The van der Waals surface area contributed by atoms with Crippen molar-refractivity contribution in [1.29, 1.82) is 0 Å². The molecule has 36 heavy (non-hydrogen) atoms. The molecule has 7 nitrogen and oxygen atoms in total. The number of hydrogen-bond donors (Lipinski definition) is 0. The van der Waals surface area contributed by atoms with E-state index in [0.717, 1.165) is 12.1 Å². The van der Waals surface area contributed by atoms with Gasteiger partial charge >= 0.3 is 5.97 Å². The van der Waals surface area contributed by atoms with Crippen molar-refractivity contribution < 1.29 is 23.9 Å². The average Bonchev–Trinajstić information content (AvgIpc) is 3.37. The Kier molecular flexibility index (Phi) is 6.24. The van der Waals surface area contributed by atoms with Crippen LogP contribution in [-0.2, 0) is 25.6 Å². The molecule has 0 saturated carbocycles. The second-order valence-corrected chi connectivity index (χ2v) is 9.96. The summed E-state index contributed by atoms with van der Waals surface area (Å²) in [4.78, 5) is 54.5. The Hall–Kier alpha value is -3.74. The standard InChI is InChI=1S/C29H30N2O5/c1-4-19-8-10-21(11-9-19)30-16-20(15-25(30)32)29(35)36-22-12-13-24(18(3)14-22)31-27(33)23-7-5-6-17(2)26(23)28(31)34/h5-6,8-14,17,20,23,26H,4,7,15-16H2,1-3H3/t17-,20+,23+,26+/m0/s1. The summed E-state index contributed by atoms with van der Waals surface area (Å²) >= 11 is 0. The number of amides is 3. The molecular formula is C29H30N2O5. The van der Waals surface area contributed by atoms with Crippen molar-refractivity contribution >= 4 is 35.1 Å². The highest BCUT2D eigenvalue weighted by atomic mass is 16.5. The van der Waals surface area contributed by atoms with E-state index in [1.54, 1.807) is 30.0 Å². The molecule has 2 heterocycles. The number of hydrogen-bond acceptors (Lipinski definition) is 5. The summed E-state index contributed by atoms with van der Waals surface area (Å²) in [6.07, 6.45) is 5.56. The number of fused-ring (bicyclic) bond motifs is 1. The quantitative estimate of drug-likeness (QED) is 0.274. The van der Waals surface area contributed by atoms with Crippen LogP contribution < -0.4 is 14.5 Å². The van der Waals surface area contributed by atoms with Crippen LogP contribution in [-0.4, -0.2) is 30.2 Å². The van der Waals surface area contributed by atoms with Gasteiger partial charge in [-0.05, 0) is 67.1 Å². The van der Waals surface area contributed by atoms with E-state index in [1.807, 2.05) is 43.3 Å². The number of carbonyl (C=O) groups excluding carboxylic acids is 4. The number of rotatable bonds is 5. The van der Waals surface area contributed by atoms with Gasteiger partial charge in [0, 0.05) is 18.7 Å². The molecule has 4 atom stereocenters. The Balaban J connectivity index is 1.27. The van der Waals surface area contributed by atoms with Crippen molar-refractivity contribution in [2.24, 2.45) is 23.7 Å². The molecule has 3 aliphatic rings. The summed E-state index contributed by atoms with van der Waals surface area (Å²) in [7, 11) is 0. The molecule has 2 saturated heterocycles. The molecule has 2 fully saturated rings. The maximum atomic E-state index is 13.1. The number of ether oxygens (including phenoxy) is 1. The lowest BCUT2D eigenvalue weighted by atomic mass is 9.78. The summed E-state index contributed by atoms with van der Waals surface area (Å²) in [6, 6.07) is 12.7. The fourth-order valence-electron chi connectivity index (χ4n) is 5.55. The zero-order valence-corrected chi connectivity index (χ0v) is 20.8. The van der Waals surface area contributed by atoms with Crippen LogP contribution >= 0.6 is 0 Å². The van der Waals surface area contributed by atoms with Gasteiger partial charge in [-0.25, -0.2) is 4.90 Å². The number of nitrogens with zero attached hydrogens (tertiary/aromatic N) is 2. The van der Waals surface area contributed by atoms with Gasteiger partial charge in [-0.2, -0.15) is 0 Å². The Morgan fingerprint density at radius 2 is 1.81 bits per heavy atom. The first-order valence-electron chi connectivity index (χ1n) is 12.5. The Bertz CT molecular complexity index is 1260. The monoisotopic (exact) mass is 486 g/mol. The van der Waals surface area contributed by atoms with Gasteiger partial charge in [-0.15, -0.1) is 0 Å². The lowest BCUT2D eigenvalue weighted by Crippen LogP contribution is -2.32. The third-order valence-electron chi connectivity index (χ3n) is 7.61. The molecule has 2 aromatic carbocycles. The molecule has 0 aromatic heterocycles. The fourth-order valence-corrected chi connectivity index (χ4v) is 5.55. The highest BCUT2D eigenvalue weighted by Gasteiger charge is 2.50. The van der Waals surface area contributed by atoms with E-state index in [0.29, 0.717) is 23.4 Å². The molecule has 186 valence electrons. The minimum absolute atomic E-state index is 0.0176. The molecule has 0 unspecified atom stereocenters. The molecular weight excluding hydrogens is 456 g/mol. The zero-order valence-electron chi connectivity index (χ0n) is 20.8. The van der Waals surface area contributed by atoms with Crippen molar-refractivity contribution in [2.45, 2.75) is 40.0 Å². The summed E-state index contributed by atoms with van der Waals surface area (Å²) in [5, 5.41) is 0. The Morgan fingerprint density at radius 3 is 2.47 bits per heavy atom. The van der Waals surface area contributed by atoms with Gasteiger partial charge < -0.3 is 9.64 Å². The number of anilines is 2. The molecule has 0 radical (unpaired) electrons. The van der Waals surface area contributed by atoms with Crippen LogP contribution in [0.25, 0.3) is 0 Å². The van der Waals surface area contributed by atoms with Crippen molar-refractivity contribution in [3.63, 3.8) is 0 Å². The van der Waals surface area contributed by atoms with Crippen LogP contribution in [0.2, 0.25) is 0 Å². The number of esters is 1. The molecule has 2 aromatic rings. The van der Waals surface area contributed by atoms with Gasteiger partial charge in [0.15, 0.2) is 0 Å². The minimum atomic E-state index is -0.567. The topological polar surface area (TPSA) is 84.0 Å². The van der Waals surface area contributed by atoms with Gasteiger partial charge in [-0.1, -0.05) is 38.1 Å². The van der Waals surface area contributed by atoms with Crippen LogP contribution in [0.1, 0.15) is 37.8 Å². The summed E-state index contributed by atoms with van der Waals surface area (Å²) < 4.78 is 5.61. The molecule has 2 aliphatic heterocycles. The van der Waals surface area contributed by atoms with Crippen molar-refractivity contribution in [3.05, 3.63) is 65.7 Å². The Morgan fingerprint density at radius 1 is 1.06 bits per heavy atom. The lowest BCUT2D eigenvalue weighted by molar-refractivity contribution is -0.139. The number of carbonyl (C=O) groups is 4. The maximum absolute atomic E-state index is 13.1. The third-order valence-corrected chi connectivity index (χ3v) is 7.61. The third kappa shape index (κ3) is 4.12. The molecule has 0 bridgehead atoms. The van der Waals surface area contributed by atoms with E-state index in [4.69, 9.17) is 4.74 Å². The highest BCUT2D eigenvalue weighted by molar-refractivity contribution is 6.22. The molecule has 3 amide bonds. The first-order chi connectivity index (χ1) is 17.3. The predicted octanol–water partition coefficient (Wildman–Crippen LogP) is 4.22. The first-order valence-corrected chi connectivity index (χ1v) is 12.5. The molecule has 7 heteroatoms. The Labute approximate surface area is 210 Å². The van der Waals surface area contributed by atoms with Crippen LogP contribution in [0.5, 0.6) is 5.75 Å². The van der Waals surface area contributed by atoms with Gasteiger partial charge in [0.1, 0.15) is 5.75 Å². The van der Waals surface area contributed by atoms with Crippen molar-refractivity contribution in [3.8, 4) is 5.75 Å². The number of allylic oxidation sites excluding steroid dienone is 2. The van der Waals surface area contributed by atoms with E-state index in [-0.39, 0.29) is 48.4 Å². The normalized spacial score (nSPS) is 25.5. The van der Waals surface area contributed by atoms with Crippen molar-refractivity contribution in [1.82, 2.24) is 0 Å². The number of benzene rings is 2. The first kappa shape index (κ1) is 24.0. The van der Waals surface area contributed by atoms with E-state index in [9.17, 15) is 19.2 Å². The predicted molar refractivity (Wildman–Crippen MR) is 135 cm³/mol. The molecule has 1 aliphatic carbocycles. The number of aryl methyl sites for hydroxylation is 2. The van der Waals surface area contributed by atoms with E-state index < -0.39 is 11.9 Å². The van der Waals surface area contributed by atoms with Crippen molar-refractivity contribution in [2.75, 3.05) is 16.3 Å². The average molecular weight is 487 g/mol. The molecule has 5 rings (SSSR count). The van der Waals surface area contributed by atoms with E-state index >= 15 is 0 Å². The van der Waals surface area contributed by atoms with Crippen LogP contribution in [0.4, 0.5) is 11.4 Å². The second kappa shape index (κ2) is 9.37.